The molecule has 1 aromatic heterocycles. The molecule has 0 radical (unpaired) electrons. The highest BCUT2D eigenvalue weighted by Crippen LogP contribution is 2.16. The van der Waals surface area contributed by atoms with Crippen LogP contribution >= 0.6 is 0 Å². The molecule has 1 aliphatic heterocycles. The lowest BCUT2D eigenvalue weighted by Crippen LogP contribution is -2.47. The summed E-state index contributed by atoms with van der Waals surface area (Å²) in [6.45, 7) is 4.36. The minimum atomic E-state index is -0.0537. The number of carbonyl (C=O) groups is 2. The van der Waals surface area contributed by atoms with Gasteiger partial charge >= 0.3 is 0 Å². The van der Waals surface area contributed by atoms with Crippen LogP contribution in [0.2, 0.25) is 0 Å². The van der Waals surface area contributed by atoms with Crippen molar-refractivity contribution in [3.8, 4) is 0 Å². The van der Waals surface area contributed by atoms with Crippen LogP contribution in [0.15, 0.2) is 28.8 Å². The Kier molecular flexibility index (Phi) is 6.40. The summed E-state index contributed by atoms with van der Waals surface area (Å²) < 4.78 is 5.13. The monoisotopic (exact) mass is 371 g/mol. The molecule has 3 rings (SSSR count). The Hall–Kier alpha value is -2.90. The van der Waals surface area contributed by atoms with Crippen LogP contribution in [-0.2, 0) is 29.0 Å². The van der Waals surface area contributed by atoms with E-state index in [2.05, 4.69) is 27.7 Å². The van der Waals surface area contributed by atoms with Crippen molar-refractivity contribution in [2.45, 2.75) is 39.2 Å². The van der Waals surface area contributed by atoms with Crippen molar-refractivity contribution < 1.29 is 14.1 Å². The van der Waals surface area contributed by atoms with E-state index in [1.54, 1.807) is 0 Å². The maximum Gasteiger partial charge on any atom is 0.239 e. The number of hydrogen-bond acceptors (Lipinski definition) is 6. The molecule has 0 atom stereocenters. The third-order valence-electron chi connectivity index (χ3n) is 4.38. The molecule has 2 amide bonds. The van der Waals surface area contributed by atoms with Crippen LogP contribution in [0.25, 0.3) is 0 Å². The molecule has 1 saturated heterocycles. The highest BCUT2D eigenvalue weighted by atomic mass is 16.5. The van der Waals surface area contributed by atoms with Crippen LogP contribution in [0.5, 0.6) is 0 Å². The van der Waals surface area contributed by atoms with Crippen molar-refractivity contribution in [1.82, 2.24) is 20.8 Å². The largest absolute Gasteiger partial charge is 0.360 e. The Balaban J connectivity index is 1.42. The van der Waals surface area contributed by atoms with Gasteiger partial charge in [-0.25, -0.2) is 0 Å². The molecule has 2 N–H and O–H groups in total. The zero-order valence-corrected chi connectivity index (χ0v) is 15.5. The quantitative estimate of drug-likeness (QED) is 0.723. The number of rotatable bonds is 8. The minimum absolute atomic E-state index is 0.0423. The number of hydrogen-bond donors (Lipinski definition) is 2. The normalized spacial score (nSPS) is 14.1. The average molecular weight is 371 g/mol. The third-order valence-corrected chi connectivity index (χ3v) is 4.38. The van der Waals surface area contributed by atoms with Crippen molar-refractivity contribution in [3.63, 3.8) is 0 Å². The molecule has 1 aromatic carbocycles. The summed E-state index contributed by atoms with van der Waals surface area (Å²) in [5.41, 5.74) is 2.02. The second-order valence-electron chi connectivity index (χ2n) is 6.57. The number of anilines is 1. The zero-order valence-electron chi connectivity index (χ0n) is 15.5. The highest BCUT2D eigenvalue weighted by molar-refractivity contribution is 5.82. The summed E-state index contributed by atoms with van der Waals surface area (Å²) >= 11 is 0. The zero-order chi connectivity index (χ0) is 19.1. The van der Waals surface area contributed by atoms with Crippen molar-refractivity contribution >= 4 is 17.5 Å². The first-order chi connectivity index (χ1) is 13.1. The van der Waals surface area contributed by atoms with E-state index in [0.29, 0.717) is 44.2 Å². The van der Waals surface area contributed by atoms with E-state index in [-0.39, 0.29) is 11.8 Å². The predicted octanol–water partition coefficient (Wildman–Crippen LogP) is 1.21. The van der Waals surface area contributed by atoms with Gasteiger partial charge < -0.3 is 20.1 Å². The Morgan fingerprint density at radius 3 is 2.85 bits per heavy atom. The molecular formula is C19H25N5O3. The number of aryl methyl sites for hydroxylation is 2. The van der Waals surface area contributed by atoms with E-state index in [1.165, 1.54) is 0 Å². The fourth-order valence-corrected chi connectivity index (χ4v) is 2.91. The van der Waals surface area contributed by atoms with Gasteiger partial charge in [0, 0.05) is 44.6 Å². The van der Waals surface area contributed by atoms with Gasteiger partial charge in [0.25, 0.3) is 0 Å². The van der Waals surface area contributed by atoms with Crippen LogP contribution in [0.4, 0.5) is 5.69 Å². The van der Waals surface area contributed by atoms with E-state index in [4.69, 9.17) is 4.52 Å². The number of amides is 2. The molecule has 0 unspecified atom stereocenters. The Labute approximate surface area is 158 Å². The first-order valence-corrected chi connectivity index (χ1v) is 9.33. The van der Waals surface area contributed by atoms with Crippen LogP contribution in [-0.4, -0.2) is 41.6 Å². The molecule has 144 valence electrons. The number of aromatic nitrogens is 2. The summed E-state index contributed by atoms with van der Waals surface area (Å²) in [6.07, 6.45) is 2.50. The van der Waals surface area contributed by atoms with E-state index >= 15 is 0 Å². The molecular weight excluding hydrogens is 346 g/mol. The third kappa shape index (κ3) is 5.54. The van der Waals surface area contributed by atoms with Gasteiger partial charge in [-0.2, -0.15) is 4.98 Å². The van der Waals surface area contributed by atoms with E-state index in [0.717, 1.165) is 30.6 Å². The number of carbonyl (C=O) groups excluding carboxylic acids is 2. The number of piperazine rings is 1. The van der Waals surface area contributed by atoms with Crippen molar-refractivity contribution in [2.24, 2.45) is 0 Å². The minimum Gasteiger partial charge on any atom is -0.360 e. The fourth-order valence-electron chi connectivity index (χ4n) is 2.91. The van der Waals surface area contributed by atoms with E-state index in [1.807, 2.05) is 29.2 Å². The second kappa shape index (κ2) is 9.16. The molecule has 1 aliphatic rings. The van der Waals surface area contributed by atoms with Gasteiger partial charge in [0.15, 0.2) is 5.82 Å². The summed E-state index contributed by atoms with van der Waals surface area (Å²) in [5, 5.41) is 9.60. The molecule has 2 aromatic rings. The average Bonchev–Trinajstić information content (AvgIpc) is 3.13. The number of nitrogens with one attached hydrogen (secondary N) is 2. The molecule has 0 aliphatic carbocycles. The SMILES string of the molecule is CCCc1noc(CCC(=O)NCc2ccc(N3CCNC(=O)C3)cc2)n1. The molecule has 0 saturated carbocycles. The summed E-state index contributed by atoms with van der Waals surface area (Å²) in [6, 6.07) is 7.90. The Morgan fingerprint density at radius 2 is 2.11 bits per heavy atom. The number of benzene rings is 1. The molecule has 8 nitrogen and oxygen atoms in total. The fraction of sp³-hybridized carbons (Fsp3) is 0.474. The van der Waals surface area contributed by atoms with E-state index < -0.39 is 0 Å². The molecule has 8 heteroatoms. The highest BCUT2D eigenvalue weighted by Gasteiger charge is 2.16. The first kappa shape index (κ1) is 18.9. The maximum absolute atomic E-state index is 12.0. The van der Waals surface area contributed by atoms with Gasteiger partial charge in [0.05, 0.1) is 6.54 Å². The Bertz CT molecular complexity index is 772. The lowest BCUT2D eigenvalue weighted by Gasteiger charge is -2.28. The molecule has 27 heavy (non-hydrogen) atoms. The topological polar surface area (TPSA) is 100 Å². The second-order valence-corrected chi connectivity index (χ2v) is 6.57. The van der Waals surface area contributed by atoms with Crippen molar-refractivity contribution in [3.05, 3.63) is 41.5 Å². The Morgan fingerprint density at radius 1 is 1.30 bits per heavy atom. The van der Waals surface area contributed by atoms with Crippen LogP contribution < -0.4 is 15.5 Å². The van der Waals surface area contributed by atoms with Gasteiger partial charge in [-0.05, 0) is 24.1 Å². The summed E-state index contributed by atoms with van der Waals surface area (Å²) in [4.78, 5) is 29.8. The summed E-state index contributed by atoms with van der Waals surface area (Å²) in [5.74, 6) is 1.19. The standard InChI is InChI=1S/C19H25N5O3/c1-2-3-16-22-19(27-23-16)9-8-17(25)21-12-14-4-6-15(7-5-14)24-11-10-20-18(26)13-24/h4-7H,2-3,8-13H2,1H3,(H,20,26)(H,21,25). The van der Waals surface area contributed by atoms with Gasteiger partial charge in [-0.3, -0.25) is 9.59 Å². The molecule has 0 spiro atoms. The van der Waals surface area contributed by atoms with Gasteiger partial charge in [0.2, 0.25) is 17.7 Å². The van der Waals surface area contributed by atoms with Gasteiger partial charge in [-0.1, -0.05) is 24.2 Å². The number of nitrogens with zero attached hydrogens (tertiary/aromatic N) is 3. The van der Waals surface area contributed by atoms with E-state index in [9.17, 15) is 9.59 Å². The molecule has 0 bridgehead atoms. The predicted molar refractivity (Wildman–Crippen MR) is 100 cm³/mol. The van der Waals surface area contributed by atoms with Crippen LogP contribution in [0, 0.1) is 0 Å². The van der Waals surface area contributed by atoms with Gasteiger partial charge in [0.1, 0.15) is 0 Å². The molecule has 1 fully saturated rings. The van der Waals surface area contributed by atoms with Crippen LogP contribution in [0.1, 0.15) is 37.0 Å². The van der Waals surface area contributed by atoms with Crippen LogP contribution in [0.3, 0.4) is 0 Å². The van der Waals surface area contributed by atoms with Gasteiger partial charge in [-0.15, -0.1) is 0 Å². The lowest BCUT2D eigenvalue weighted by molar-refractivity contribution is -0.121. The van der Waals surface area contributed by atoms with Crippen molar-refractivity contribution in [2.75, 3.05) is 24.5 Å². The molecule has 2 heterocycles. The summed E-state index contributed by atoms with van der Waals surface area (Å²) in [7, 11) is 0. The smallest absolute Gasteiger partial charge is 0.239 e. The maximum atomic E-state index is 12.0. The lowest BCUT2D eigenvalue weighted by atomic mass is 10.1. The van der Waals surface area contributed by atoms with Crippen molar-refractivity contribution in [1.29, 1.82) is 0 Å². The first-order valence-electron chi connectivity index (χ1n) is 9.33.